The molecule has 16 heavy (non-hydrogen) atoms. The van der Waals surface area contributed by atoms with Gasteiger partial charge in [-0.1, -0.05) is 18.2 Å². The maximum absolute atomic E-state index is 9.65. The lowest BCUT2D eigenvalue weighted by atomic mass is 10.1. The van der Waals surface area contributed by atoms with Crippen LogP contribution < -0.4 is 4.90 Å². The lowest BCUT2D eigenvalue weighted by molar-refractivity contribution is 0.0572. The van der Waals surface area contributed by atoms with Gasteiger partial charge in [-0.15, -0.1) is 0 Å². The standard InChI is InChI=1S/C12H17NO3/c1-8(14)9-4-2-3-5-10(9)13-6-11(15)12(16)7-13/h2-5,8,11-12,14-16H,6-7H2,1H3/t8-,11?,12?/m1/s1. The fraction of sp³-hybridized carbons (Fsp3) is 0.500. The van der Waals surface area contributed by atoms with Crippen molar-refractivity contribution in [1.82, 2.24) is 0 Å². The van der Waals surface area contributed by atoms with Crippen LogP contribution in [0.15, 0.2) is 24.3 Å². The van der Waals surface area contributed by atoms with Crippen molar-refractivity contribution < 1.29 is 15.3 Å². The van der Waals surface area contributed by atoms with Gasteiger partial charge < -0.3 is 20.2 Å². The maximum Gasteiger partial charge on any atom is 0.0990 e. The minimum atomic E-state index is -0.706. The Labute approximate surface area is 94.8 Å². The van der Waals surface area contributed by atoms with Crippen LogP contribution in [0.2, 0.25) is 0 Å². The highest BCUT2D eigenvalue weighted by molar-refractivity contribution is 5.55. The van der Waals surface area contributed by atoms with Crippen LogP contribution in [0, 0.1) is 0 Å². The van der Waals surface area contributed by atoms with E-state index in [4.69, 9.17) is 0 Å². The smallest absolute Gasteiger partial charge is 0.0990 e. The molecule has 0 aliphatic carbocycles. The molecule has 0 aromatic heterocycles. The van der Waals surface area contributed by atoms with Gasteiger partial charge in [0.2, 0.25) is 0 Å². The molecule has 3 N–H and O–H groups in total. The fourth-order valence-corrected chi connectivity index (χ4v) is 2.09. The van der Waals surface area contributed by atoms with Crippen molar-refractivity contribution in [3.63, 3.8) is 0 Å². The Morgan fingerprint density at radius 2 is 1.75 bits per heavy atom. The molecule has 1 heterocycles. The Hall–Kier alpha value is -1.10. The van der Waals surface area contributed by atoms with E-state index in [1.807, 2.05) is 29.2 Å². The third kappa shape index (κ3) is 2.04. The Morgan fingerprint density at radius 1 is 1.19 bits per heavy atom. The number of hydrogen-bond donors (Lipinski definition) is 3. The van der Waals surface area contributed by atoms with Crippen molar-refractivity contribution in [3.8, 4) is 0 Å². The van der Waals surface area contributed by atoms with Crippen molar-refractivity contribution in [1.29, 1.82) is 0 Å². The second kappa shape index (κ2) is 4.41. The minimum Gasteiger partial charge on any atom is -0.389 e. The molecule has 2 unspecified atom stereocenters. The molecule has 1 aromatic carbocycles. The van der Waals surface area contributed by atoms with Gasteiger partial charge in [-0.2, -0.15) is 0 Å². The fourth-order valence-electron chi connectivity index (χ4n) is 2.09. The van der Waals surface area contributed by atoms with Crippen LogP contribution in [0.1, 0.15) is 18.6 Å². The number of benzene rings is 1. The van der Waals surface area contributed by atoms with E-state index in [1.54, 1.807) is 6.92 Å². The zero-order chi connectivity index (χ0) is 11.7. The van der Waals surface area contributed by atoms with Gasteiger partial charge in [0.25, 0.3) is 0 Å². The monoisotopic (exact) mass is 223 g/mol. The van der Waals surface area contributed by atoms with Crippen molar-refractivity contribution in [3.05, 3.63) is 29.8 Å². The molecule has 3 atom stereocenters. The molecule has 88 valence electrons. The summed E-state index contributed by atoms with van der Waals surface area (Å²) in [6, 6.07) is 7.51. The van der Waals surface area contributed by atoms with Gasteiger partial charge in [0.15, 0.2) is 0 Å². The first kappa shape index (κ1) is 11.4. The molecule has 1 saturated heterocycles. The number of aliphatic hydroxyl groups is 3. The maximum atomic E-state index is 9.65. The highest BCUT2D eigenvalue weighted by Crippen LogP contribution is 2.28. The topological polar surface area (TPSA) is 63.9 Å². The number of anilines is 1. The van der Waals surface area contributed by atoms with E-state index in [2.05, 4.69) is 0 Å². The zero-order valence-corrected chi connectivity index (χ0v) is 9.24. The van der Waals surface area contributed by atoms with E-state index in [9.17, 15) is 15.3 Å². The summed E-state index contributed by atoms with van der Waals surface area (Å²) in [5.74, 6) is 0. The lowest BCUT2D eigenvalue weighted by Gasteiger charge is -2.22. The SMILES string of the molecule is C[C@@H](O)c1ccccc1N1CC(O)C(O)C1. The van der Waals surface area contributed by atoms with Gasteiger partial charge in [-0.3, -0.25) is 0 Å². The molecule has 0 bridgehead atoms. The van der Waals surface area contributed by atoms with Gasteiger partial charge in [0.05, 0.1) is 18.3 Å². The predicted octanol–water partition coefficient (Wildman–Crippen LogP) is 0.282. The second-order valence-corrected chi connectivity index (χ2v) is 4.27. The van der Waals surface area contributed by atoms with E-state index in [0.29, 0.717) is 13.1 Å². The molecule has 0 radical (unpaired) electrons. The Kier molecular flexibility index (Phi) is 3.14. The van der Waals surface area contributed by atoms with Crippen LogP contribution in [0.3, 0.4) is 0 Å². The summed E-state index contributed by atoms with van der Waals surface area (Å²) in [7, 11) is 0. The molecule has 0 spiro atoms. The number of nitrogens with zero attached hydrogens (tertiary/aromatic N) is 1. The number of aliphatic hydroxyl groups excluding tert-OH is 3. The van der Waals surface area contributed by atoms with Gasteiger partial charge >= 0.3 is 0 Å². The normalized spacial score (nSPS) is 27.1. The molecule has 2 rings (SSSR count). The largest absolute Gasteiger partial charge is 0.389 e. The van der Waals surface area contributed by atoms with E-state index < -0.39 is 18.3 Å². The number of para-hydroxylation sites is 1. The van der Waals surface area contributed by atoms with Crippen LogP contribution in [-0.4, -0.2) is 40.6 Å². The van der Waals surface area contributed by atoms with Crippen molar-refractivity contribution in [2.75, 3.05) is 18.0 Å². The van der Waals surface area contributed by atoms with Crippen molar-refractivity contribution in [2.24, 2.45) is 0 Å². The highest BCUT2D eigenvalue weighted by Gasteiger charge is 2.30. The first-order valence-electron chi connectivity index (χ1n) is 5.47. The Bertz CT molecular complexity index is 357. The third-order valence-electron chi connectivity index (χ3n) is 2.99. The predicted molar refractivity (Wildman–Crippen MR) is 61.3 cm³/mol. The van der Waals surface area contributed by atoms with E-state index in [1.165, 1.54) is 0 Å². The summed E-state index contributed by atoms with van der Waals surface area (Å²) in [5, 5.41) is 28.7. The van der Waals surface area contributed by atoms with Crippen molar-refractivity contribution >= 4 is 5.69 Å². The third-order valence-corrected chi connectivity index (χ3v) is 2.99. The first-order chi connectivity index (χ1) is 7.59. The second-order valence-electron chi connectivity index (χ2n) is 4.27. The summed E-state index contributed by atoms with van der Waals surface area (Å²) in [6.45, 7) is 2.53. The first-order valence-corrected chi connectivity index (χ1v) is 5.47. The Balaban J connectivity index is 2.27. The van der Waals surface area contributed by atoms with Crippen LogP contribution in [0.5, 0.6) is 0 Å². The molecule has 1 aliphatic heterocycles. The average molecular weight is 223 g/mol. The van der Waals surface area contributed by atoms with Gasteiger partial charge in [0, 0.05) is 24.3 Å². The highest BCUT2D eigenvalue weighted by atomic mass is 16.3. The van der Waals surface area contributed by atoms with E-state index in [-0.39, 0.29) is 0 Å². The minimum absolute atomic E-state index is 0.408. The summed E-state index contributed by atoms with van der Waals surface area (Å²) in [6.07, 6.45) is -1.96. The number of rotatable bonds is 2. The number of hydrogen-bond acceptors (Lipinski definition) is 4. The van der Waals surface area contributed by atoms with Gasteiger partial charge in [-0.25, -0.2) is 0 Å². The summed E-state index contributed by atoms with van der Waals surface area (Å²) < 4.78 is 0. The van der Waals surface area contributed by atoms with Gasteiger partial charge in [-0.05, 0) is 13.0 Å². The molecule has 4 heteroatoms. The van der Waals surface area contributed by atoms with Crippen LogP contribution in [0.25, 0.3) is 0 Å². The average Bonchev–Trinajstić information content (AvgIpc) is 2.59. The Morgan fingerprint density at radius 3 is 2.31 bits per heavy atom. The van der Waals surface area contributed by atoms with Gasteiger partial charge in [0.1, 0.15) is 0 Å². The quantitative estimate of drug-likeness (QED) is 0.674. The lowest BCUT2D eigenvalue weighted by Crippen LogP contribution is -2.22. The summed E-state index contributed by atoms with van der Waals surface area (Å²) >= 11 is 0. The molecular formula is C12H17NO3. The van der Waals surface area contributed by atoms with Crippen LogP contribution in [0.4, 0.5) is 5.69 Å². The summed E-state index contributed by atoms with van der Waals surface area (Å²) in [4.78, 5) is 1.90. The molecule has 4 nitrogen and oxygen atoms in total. The number of β-amino-alcohol motifs (C(OH)–C–C–N with tert-alkyl or cyclic N) is 2. The molecular weight excluding hydrogens is 206 g/mol. The molecule has 1 aromatic rings. The van der Waals surface area contributed by atoms with Crippen LogP contribution in [-0.2, 0) is 0 Å². The van der Waals surface area contributed by atoms with Crippen molar-refractivity contribution in [2.45, 2.75) is 25.2 Å². The molecule has 1 fully saturated rings. The zero-order valence-electron chi connectivity index (χ0n) is 9.24. The molecule has 1 aliphatic rings. The van der Waals surface area contributed by atoms with E-state index in [0.717, 1.165) is 11.3 Å². The van der Waals surface area contributed by atoms with E-state index >= 15 is 0 Å². The van der Waals surface area contributed by atoms with Crippen LogP contribution >= 0.6 is 0 Å². The summed E-state index contributed by atoms with van der Waals surface area (Å²) in [5.41, 5.74) is 1.71. The molecule has 0 saturated carbocycles. The molecule has 0 amide bonds.